The average Bonchev–Trinajstić information content (AvgIpc) is 2.54. The molecule has 1 aromatic heterocycles. The molecule has 0 fully saturated rings. The molecule has 1 unspecified atom stereocenters. The van der Waals surface area contributed by atoms with Crippen molar-refractivity contribution in [3.05, 3.63) is 44.8 Å². The smallest absolute Gasteiger partial charge is 0.311 e. The van der Waals surface area contributed by atoms with Crippen LogP contribution >= 0.6 is 0 Å². The maximum absolute atomic E-state index is 11.6. The van der Waals surface area contributed by atoms with Crippen molar-refractivity contribution in [2.75, 3.05) is 0 Å². The highest BCUT2D eigenvalue weighted by Gasteiger charge is 2.15. The monoisotopic (exact) mass is 192 g/mol. The van der Waals surface area contributed by atoms with Crippen LogP contribution in [0, 0.1) is 6.92 Å². The summed E-state index contributed by atoms with van der Waals surface area (Å²) in [4.78, 5) is 25.7. The largest absolute Gasteiger partial charge is 0.329 e. The third kappa shape index (κ3) is 1.43. The van der Waals surface area contributed by atoms with Crippen molar-refractivity contribution >= 4 is 0 Å². The first kappa shape index (κ1) is 8.99. The van der Waals surface area contributed by atoms with Crippen LogP contribution in [0.2, 0.25) is 0 Å². The normalized spacial score (nSPS) is 20.2. The van der Waals surface area contributed by atoms with Crippen molar-refractivity contribution in [3.8, 4) is 0 Å². The fourth-order valence-electron chi connectivity index (χ4n) is 1.77. The molecule has 1 aromatic rings. The second-order valence-electron chi connectivity index (χ2n) is 3.54. The Bertz CT molecular complexity index is 450. The van der Waals surface area contributed by atoms with E-state index in [1.54, 1.807) is 6.92 Å². The van der Waals surface area contributed by atoms with E-state index >= 15 is 0 Å². The van der Waals surface area contributed by atoms with E-state index in [9.17, 15) is 9.59 Å². The van der Waals surface area contributed by atoms with Gasteiger partial charge >= 0.3 is 5.69 Å². The van der Waals surface area contributed by atoms with Gasteiger partial charge in [0.05, 0.1) is 6.04 Å². The summed E-state index contributed by atoms with van der Waals surface area (Å²) in [5, 5.41) is 0. The third-order valence-corrected chi connectivity index (χ3v) is 2.42. The van der Waals surface area contributed by atoms with Crippen molar-refractivity contribution in [3.63, 3.8) is 0 Å². The molecule has 4 nitrogen and oxygen atoms in total. The van der Waals surface area contributed by atoms with Crippen LogP contribution in [0.4, 0.5) is 0 Å². The number of nitrogens with one attached hydrogen (secondary N) is 1. The van der Waals surface area contributed by atoms with Crippen LogP contribution in [-0.2, 0) is 0 Å². The van der Waals surface area contributed by atoms with E-state index in [0.717, 1.165) is 12.8 Å². The lowest BCUT2D eigenvalue weighted by molar-refractivity contribution is 0.540. The number of aryl methyl sites for hydroxylation is 1. The maximum atomic E-state index is 11.6. The molecule has 14 heavy (non-hydrogen) atoms. The maximum Gasteiger partial charge on any atom is 0.329 e. The molecule has 1 atom stereocenters. The van der Waals surface area contributed by atoms with Crippen molar-refractivity contribution < 1.29 is 0 Å². The second-order valence-corrected chi connectivity index (χ2v) is 3.54. The van der Waals surface area contributed by atoms with Crippen molar-refractivity contribution in [2.45, 2.75) is 25.8 Å². The average molecular weight is 192 g/mol. The zero-order chi connectivity index (χ0) is 10.1. The van der Waals surface area contributed by atoms with Gasteiger partial charge in [-0.25, -0.2) is 4.79 Å². The summed E-state index contributed by atoms with van der Waals surface area (Å²) in [6.07, 6.45) is 5.68. The molecule has 0 saturated heterocycles. The highest BCUT2D eigenvalue weighted by atomic mass is 16.2. The van der Waals surface area contributed by atoms with Crippen LogP contribution in [-0.4, -0.2) is 9.55 Å². The summed E-state index contributed by atoms with van der Waals surface area (Å²) >= 11 is 0. The van der Waals surface area contributed by atoms with Gasteiger partial charge in [0.25, 0.3) is 5.56 Å². The van der Waals surface area contributed by atoms with E-state index in [0.29, 0.717) is 5.69 Å². The highest BCUT2D eigenvalue weighted by molar-refractivity contribution is 5.04. The molecule has 1 aliphatic carbocycles. The Kier molecular flexibility index (Phi) is 2.11. The Hall–Kier alpha value is -1.58. The van der Waals surface area contributed by atoms with Gasteiger partial charge in [-0.1, -0.05) is 12.2 Å². The van der Waals surface area contributed by atoms with E-state index in [-0.39, 0.29) is 17.3 Å². The van der Waals surface area contributed by atoms with Gasteiger partial charge in [-0.05, 0) is 19.8 Å². The van der Waals surface area contributed by atoms with Gasteiger partial charge in [0.15, 0.2) is 0 Å². The van der Waals surface area contributed by atoms with Gasteiger partial charge in [-0.2, -0.15) is 0 Å². The van der Waals surface area contributed by atoms with E-state index in [1.165, 1.54) is 10.6 Å². The summed E-state index contributed by atoms with van der Waals surface area (Å²) in [6, 6.07) is 1.39. The van der Waals surface area contributed by atoms with Crippen molar-refractivity contribution in [2.24, 2.45) is 0 Å². The number of hydrogen-bond acceptors (Lipinski definition) is 2. The van der Waals surface area contributed by atoms with Crippen LogP contribution in [0.25, 0.3) is 0 Å². The predicted octanol–water partition coefficient (Wildman–Crippen LogP) is 0.736. The zero-order valence-corrected chi connectivity index (χ0v) is 7.99. The van der Waals surface area contributed by atoms with Crippen LogP contribution in [0.15, 0.2) is 27.8 Å². The van der Waals surface area contributed by atoms with Crippen LogP contribution in [0.1, 0.15) is 24.6 Å². The van der Waals surface area contributed by atoms with Crippen LogP contribution in [0.5, 0.6) is 0 Å². The topological polar surface area (TPSA) is 54.9 Å². The minimum absolute atomic E-state index is 0.0631. The van der Waals surface area contributed by atoms with Gasteiger partial charge < -0.3 is 4.98 Å². The molecule has 4 heteroatoms. The molecule has 74 valence electrons. The Morgan fingerprint density at radius 3 is 2.86 bits per heavy atom. The summed E-state index contributed by atoms with van der Waals surface area (Å²) in [5.74, 6) is 0. The van der Waals surface area contributed by atoms with Crippen LogP contribution < -0.4 is 11.2 Å². The third-order valence-electron chi connectivity index (χ3n) is 2.42. The first-order chi connectivity index (χ1) is 6.68. The molecule has 0 aromatic carbocycles. The molecule has 0 amide bonds. The number of aromatic nitrogens is 2. The highest BCUT2D eigenvalue weighted by Crippen LogP contribution is 2.18. The summed E-state index contributed by atoms with van der Waals surface area (Å²) in [6.45, 7) is 1.71. The Balaban J connectivity index is 2.58. The lowest BCUT2D eigenvalue weighted by atomic mass is 10.2. The minimum atomic E-state index is -0.313. The van der Waals surface area contributed by atoms with E-state index in [1.807, 2.05) is 12.2 Å². The van der Waals surface area contributed by atoms with E-state index in [2.05, 4.69) is 4.98 Å². The van der Waals surface area contributed by atoms with Gasteiger partial charge in [-0.3, -0.25) is 9.36 Å². The lowest BCUT2D eigenvalue weighted by Gasteiger charge is -2.10. The quantitative estimate of drug-likeness (QED) is 0.667. The number of allylic oxidation sites excluding steroid dienone is 2. The van der Waals surface area contributed by atoms with Gasteiger partial charge in [-0.15, -0.1) is 0 Å². The summed E-state index contributed by atoms with van der Waals surface area (Å²) < 4.78 is 1.27. The molecule has 0 radical (unpaired) electrons. The molecule has 0 bridgehead atoms. The van der Waals surface area contributed by atoms with E-state index < -0.39 is 0 Å². The molecular formula is C10H12N2O2. The minimum Gasteiger partial charge on any atom is -0.311 e. The number of rotatable bonds is 1. The molecule has 1 N–H and O–H groups in total. The van der Waals surface area contributed by atoms with Gasteiger partial charge in [0.1, 0.15) is 0 Å². The molecule has 0 saturated carbocycles. The first-order valence-electron chi connectivity index (χ1n) is 4.67. The Morgan fingerprint density at radius 1 is 1.50 bits per heavy atom. The number of H-pyrrole nitrogens is 1. The van der Waals surface area contributed by atoms with Crippen molar-refractivity contribution in [1.82, 2.24) is 9.55 Å². The number of aromatic amines is 1. The van der Waals surface area contributed by atoms with Gasteiger partial charge in [0.2, 0.25) is 0 Å². The van der Waals surface area contributed by atoms with Crippen molar-refractivity contribution in [1.29, 1.82) is 0 Å². The molecule has 2 rings (SSSR count). The molecule has 1 aliphatic rings. The Labute approximate surface area is 80.9 Å². The summed E-state index contributed by atoms with van der Waals surface area (Å²) in [7, 11) is 0. The molecule has 0 aliphatic heterocycles. The van der Waals surface area contributed by atoms with E-state index in [4.69, 9.17) is 0 Å². The zero-order valence-electron chi connectivity index (χ0n) is 7.99. The van der Waals surface area contributed by atoms with Gasteiger partial charge in [0, 0.05) is 11.8 Å². The second kappa shape index (κ2) is 3.29. The summed E-state index contributed by atoms with van der Waals surface area (Å²) in [5.41, 5.74) is 0.0765. The predicted molar refractivity (Wildman–Crippen MR) is 53.5 cm³/mol. The molecule has 0 spiro atoms. The lowest BCUT2D eigenvalue weighted by Crippen LogP contribution is -2.36. The molecule has 1 heterocycles. The molecular weight excluding hydrogens is 180 g/mol. The number of hydrogen-bond donors (Lipinski definition) is 1. The van der Waals surface area contributed by atoms with Crippen LogP contribution in [0.3, 0.4) is 0 Å². The fourth-order valence-corrected chi connectivity index (χ4v) is 1.77. The standard InChI is InChI=1S/C10H12N2O2/c1-7-6-9(13)12(10(14)11-7)8-4-2-3-5-8/h2,4,6,8H,3,5H2,1H3,(H,11,14). The first-order valence-corrected chi connectivity index (χ1v) is 4.67. The number of nitrogens with zero attached hydrogens (tertiary/aromatic N) is 1. The fraction of sp³-hybridized carbons (Fsp3) is 0.400. The Morgan fingerprint density at radius 2 is 2.29 bits per heavy atom. The SMILES string of the molecule is Cc1cc(=O)n(C2C=CCC2)c(=O)[nH]1.